The first kappa shape index (κ1) is 20.5. The molecule has 2 aromatic heterocycles. The van der Waals surface area contributed by atoms with Crippen LogP contribution >= 0.6 is 15.9 Å². The minimum Gasteiger partial charge on any atom is -0.456 e. The highest BCUT2D eigenvalue weighted by atomic mass is 79.9. The Hall–Kier alpha value is -3.20. The van der Waals surface area contributed by atoms with E-state index < -0.39 is 12.0 Å². The van der Waals surface area contributed by atoms with E-state index >= 15 is 0 Å². The van der Waals surface area contributed by atoms with E-state index in [9.17, 15) is 14.4 Å². The highest BCUT2D eigenvalue weighted by molar-refractivity contribution is 9.10. The number of halogens is 1. The van der Waals surface area contributed by atoms with E-state index in [0.29, 0.717) is 17.0 Å². The molecule has 0 saturated heterocycles. The minimum absolute atomic E-state index is 0.0483. The second-order valence-corrected chi connectivity index (χ2v) is 7.45. The Morgan fingerprint density at radius 3 is 2.72 bits per heavy atom. The molecule has 150 valence electrons. The van der Waals surface area contributed by atoms with Crippen LogP contribution in [0.4, 0.5) is 10.5 Å². The molecule has 0 aliphatic rings. The monoisotopic (exact) mass is 458 g/mol. The Morgan fingerprint density at radius 2 is 1.97 bits per heavy atom. The van der Waals surface area contributed by atoms with Crippen LogP contribution in [0.3, 0.4) is 0 Å². The fourth-order valence-corrected chi connectivity index (χ4v) is 2.94. The number of carbonyl (C=O) groups is 2. The highest BCUT2D eigenvalue weighted by Crippen LogP contribution is 2.17. The van der Waals surface area contributed by atoms with Crippen LogP contribution in [0.25, 0.3) is 5.65 Å². The fraction of sp³-hybridized carbons (Fsp3) is 0.200. The van der Waals surface area contributed by atoms with E-state index in [1.54, 1.807) is 42.6 Å². The zero-order valence-corrected chi connectivity index (χ0v) is 17.4. The SMILES string of the molecule is CC(C)NC(=O)Nc1ccccc1C(=O)OCc1cc(=O)n2cc(Br)ccc2n1. The third-order valence-corrected chi connectivity index (χ3v) is 4.31. The molecular formula is C20H19BrN4O4. The molecule has 3 aromatic rings. The van der Waals surface area contributed by atoms with E-state index in [1.807, 2.05) is 13.8 Å². The number of ether oxygens (including phenoxy) is 1. The highest BCUT2D eigenvalue weighted by Gasteiger charge is 2.15. The van der Waals surface area contributed by atoms with E-state index in [1.165, 1.54) is 10.5 Å². The first-order valence-corrected chi connectivity index (χ1v) is 9.64. The molecule has 2 amide bonds. The van der Waals surface area contributed by atoms with Gasteiger partial charge in [-0.3, -0.25) is 9.20 Å². The molecule has 0 fully saturated rings. The summed E-state index contributed by atoms with van der Waals surface area (Å²) in [7, 11) is 0. The Balaban J connectivity index is 1.75. The van der Waals surface area contributed by atoms with Crippen molar-refractivity contribution < 1.29 is 14.3 Å². The van der Waals surface area contributed by atoms with Crippen molar-refractivity contribution in [2.24, 2.45) is 0 Å². The van der Waals surface area contributed by atoms with Gasteiger partial charge in [0, 0.05) is 22.8 Å². The zero-order chi connectivity index (χ0) is 21.0. The molecule has 0 saturated carbocycles. The van der Waals surface area contributed by atoms with Gasteiger partial charge in [-0.15, -0.1) is 0 Å². The predicted molar refractivity (Wildman–Crippen MR) is 112 cm³/mol. The van der Waals surface area contributed by atoms with Gasteiger partial charge in [-0.1, -0.05) is 12.1 Å². The second-order valence-electron chi connectivity index (χ2n) is 6.54. The lowest BCUT2D eigenvalue weighted by Crippen LogP contribution is -2.34. The van der Waals surface area contributed by atoms with Gasteiger partial charge in [-0.25, -0.2) is 14.6 Å². The van der Waals surface area contributed by atoms with Crippen molar-refractivity contribution in [1.82, 2.24) is 14.7 Å². The molecule has 2 heterocycles. The molecule has 0 atom stereocenters. The van der Waals surface area contributed by atoms with Crippen molar-refractivity contribution in [2.45, 2.75) is 26.5 Å². The van der Waals surface area contributed by atoms with Crippen LogP contribution in [0, 0.1) is 0 Å². The minimum atomic E-state index is -0.636. The van der Waals surface area contributed by atoms with Crippen LogP contribution in [-0.2, 0) is 11.3 Å². The molecule has 29 heavy (non-hydrogen) atoms. The maximum Gasteiger partial charge on any atom is 0.340 e. The van der Waals surface area contributed by atoms with Crippen molar-refractivity contribution >= 4 is 39.3 Å². The van der Waals surface area contributed by atoms with Crippen LogP contribution < -0.4 is 16.2 Å². The van der Waals surface area contributed by atoms with E-state index in [2.05, 4.69) is 31.5 Å². The topological polar surface area (TPSA) is 102 Å². The van der Waals surface area contributed by atoms with Crippen molar-refractivity contribution in [3.8, 4) is 0 Å². The Labute approximate surface area is 175 Å². The van der Waals surface area contributed by atoms with E-state index in [4.69, 9.17) is 4.74 Å². The lowest BCUT2D eigenvalue weighted by Gasteiger charge is -2.13. The Morgan fingerprint density at radius 1 is 1.21 bits per heavy atom. The second kappa shape index (κ2) is 8.87. The number of hydrogen-bond acceptors (Lipinski definition) is 5. The summed E-state index contributed by atoms with van der Waals surface area (Å²) in [5.41, 5.74) is 1.02. The number of pyridine rings is 1. The first-order chi connectivity index (χ1) is 13.8. The zero-order valence-electron chi connectivity index (χ0n) is 15.8. The van der Waals surface area contributed by atoms with Crippen LogP contribution in [0.5, 0.6) is 0 Å². The van der Waals surface area contributed by atoms with Gasteiger partial charge in [0.15, 0.2) is 0 Å². The summed E-state index contributed by atoms with van der Waals surface area (Å²) in [5.74, 6) is -0.636. The summed E-state index contributed by atoms with van der Waals surface area (Å²) in [6.45, 7) is 3.49. The van der Waals surface area contributed by atoms with Crippen molar-refractivity contribution in [3.63, 3.8) is 0 Å². The number of hydrogen-bond donors (Lipinski definition) is 2. The smallest absolute Gasteiger partial charge is 0.340 e. The van der Waals surface area contributed by atoms with Gasteiger partial charge in [0.25, 0.3) is 5.56 Å². The number of benzene rings is 1. The molecule has 9 heteroatoms. The fourth-order valence-electron chi connectivity index (χ4n) is 2.61. The quantitative estimate of drug-likeness (QED) is 0.570. The number of anilines is 1. The summed E-state index contributed by atoms with van der Waals surface area (Å²) in [5, 5.41) is 5.33. The normalized spacial score (nSPS) is 10.8. The average Bonchev–Trinajstić information content (AvgIpc) is 2.66. The third-order valence-electron chi connectivity index (χ3n) is 3.84. The van der Waals surface area contributed by atoms with Crippen LogP contribution in [0.2, 0.25) is 0 Å². The molecule has 8 nitrogen and oxygen atoms in total. The molecule has 0 unspecified atom stereocenters. The number of urea groups is 1. The maximum absolute atomic E-state index is 12.5. The summed E-state index contributed by atoms with van der Waals surface area (Å²) < 4.78 is 7.45. The molecule has 2 N–H and O–H groups in total. The van der Waals surface area contributed by atoms with Gasteiger partial charge in [0.05, 0.1) is 16.9 Å². The molecule has 0 aliphatic heterocycles. The molecule has 3 rings (SSSR count). The molecule has 1 aromatic carbocycles. The average molecular weight is 459 g/mol. The lowest BCUT2D eigenvalue weighted by molar-refractivity contribution is 0.0469. The lowest BCUT2D eigenvalue weighted by atomic mass is 10.2. The standard InChI is InChI=1S/C20H19BrN4O4/c1-12(2)22-20(28)24-16-6-4-3-5-15(16)19(27)29-11-14-9-18(26)25-10-13(21)7-8-17(25)23-14/h3-10,12H,11H2,1-2H3,(H2,22,24,28). The summed E-state index contributed by atoms with van der Waals surface area (Å²) >= 11 is 3.31. The molecular weight excluding hydrogens is 440 g/mol. The number of esters is 1. The van der Waals surface area contributed by atoms with Crippen molar-refractivity contribution in [1.29, 1.82) is 0 Å². The van der Waals surface area contributed by atoms with Gasteiger partial charge in [0.1, 0.15) is 12.3 Å². The van der Waals surface area contributed by atoms with Crippen LogP contribution in [0.1, 0.15) is 29.9 Å². The molecule has 0 aliphatic carbocycles. The van der Waals surface area contributed by atoms with Gasteiger partial charge >= 0.3 is 12.0 Å². The van der Waals surface area contributed by atoms with Crippen molar-refractivity contribution in [3.05, 3.63) is 74.7 Å². The largest absolute Gasteiger partial charge is 0.456 e. The number of fused-ring (bicyclic) bond motifs is 1. The number of para-hydroxylation sites is 1. The van der Waals surface area contributed by atoms with Gasteiger partial charge < -0.3 is 15.4 Å². The maximum atomic E-state index is 12.5. The summed E-state index contributed by atoms with van der Waals surface area (Å²) in [6, 6.07) is 10.8. The number of carbonyl (C=O) groups excluding carboxylic acids is 2. The third kappa shape index (κ3) is 5.20. The van der Waals surface area contributed by atoms with E-state index in [0.717, 1.165) is 4.47 Å². The van der Waals surface area contributed by atoms with Gasteiger partial charge in [0.2, 0.25) is 0 Å². The van der Waals surface area contributed by atoms with Crippen LogP contribution in [0.15, 0.2) is 57.9 Å². The van der Waals surface area contributed by atoms with Crippen LogP contribution in [-0.4, -0.2) is 27.4 Å². The number of nitrogens with one attached hydrogen (secondary N) is 2. The Bertz CT molecular complexity index is 1130. The number of rotatable bonds is 5. The molecule has 0 radical (unpaired) electrons. The number of nitrogens with zero attached hydrogens (tertiary/aromatic N) is 2. The Kier molecular flexibility index (Phi) is 6.28. The number of amides is 2. The number of aromatic nitrogens is 2. The van der Waals surface area contributed by atoms with Crippen molar-refractivity contribution in [2.75, 3.05) is 5.32 Å². The predicted octanol–water partition coefficient (Wildman–Crippen LogP) is 3.34. The van der Waals surface area contributed by atoms with E-state index in [-0.39, 0.29) is 23.8 Å². The molecule has 0 spiro atoms. The first-order valence-electron chi connectivity index (χ1n) is 8.85. The van der Waals surface area contributed by atoms with Gasteiger partial charge in [-0.05, 0) is 54.0 Å². The summed E-state index contributed by atoms with van der Waals surface area (Å²) in [6.07, 6.45) is 1.62. The summed E-state index contributed by atoms with van der Waals surface area (Å²) in [4.78, 5) is 41.0. The van der Waals surface area contributed by atoms with Gasteiger partial charge in [-0.2, -0.15) is 0 Å². The molecule has 0 bridgehead atoms.